The fourth-order valence-corrected chi connectivity index (χ4v) is 5.25. The van der Waals surface area contributed by atoms with Crippen LogP contribution in [0.1, 0.15) is 55.1 Å². The van der Waals surface area contributed by atoms with Crippen molar-refractivity contribution in [2.24, 2.45) is 5.10 Å². The van der Waals surface area contributed by atoms with Crippen molar-refractivity contribution in [1.82, 2.24) is 5.43 Å². The van der Waals surface area contributed by atoms with Crippen LogP contribution in [0.25, 0.3) is 0 Å². The summed E-state index contributed by atoms with van der Waals surface area (Å²) in [4.78, 5) is 50.8. The van der Waals surface area contributed by atoms with Gasteiger partial charge in [-0.1, -0.05) is 30.3 Å². The Morgan fingerprint density at radius 1 is 0.946 bits per heavy atom. The molecule has 0 fully saturated rings. The summed E-state index contributed by atoms with van der Waals surface area (Å²) < 4.78 is 10.4. The maximum Gasteiger partial charge on any atom is 0.343 e. The molecule has 37 heavy (non-hydrogen) atoms. The number of thiophene rings is 1. The molecule has 1 aliphatic rings. The van der Waals surface area contributed by atoms with Crippen LogP contribution < -0.4 is 15.5 Å². The maximum atomic E-state index is 12.6. The molecule has 0 saturated heterocycles. The van der Waals surface area contributed by atoms with Gasteiger partial charge in [0.1, 0.15) is 10.8 Å². The van der Waals surface area contributed by atoms with Crippen LogP contribution in [0, 0.1) is 6.92 Å². The number of nitrogens with one attached hydrogen (secondary N) is 2. The van der Waals surface area contributed by atoms with E-state index in [2.05, 4.69) is 15.8 Å². The van der Waals surface area contributed by atoms with Gasteiger partial charge in [-0.3, -0.25) is 9.59 Å². The molecule has 0 aliphatic heterocycles. The van der Waals surface area contributed by atoms with Crippen molar-refractivity contribution in [2.45, 2.75) is 32.6 Å². The maximum absolute atomic E-state index is 12.6. The molecule has 0 spiro atoms. The summed E-state index contributed by atoms with van der Waals surface area (Å²) in [6, 6.07) is 13.7. The van der Waals surface area contributed by atoms with Gasteiger partial charge in [-0.25, -0.2) is 15.0 Å². The fourth-order valence-electron chi connectivity index (χ4n) is 3.98. The number of para-hydroxylation sites is 1. The first kappa shape index (κ1) is 25.8. The SMILES string of the molecule is COC(=O)c1c(NC(=O)C(=O)N/N=C/c2ccccc2OC(=O)c2ccccc2C)sc2c1CCCC2. The van der Waals surface area contributed by atoms with Crippen LogP contribution in [0.15, 0.2) is 53.6 Å². The van der Waals surface area contributed by atoms with Gasteiger partial charge in [0.15, 0.2) is 0 Å². The fraction of sp³-hybridized carbons (Fsp3) is 0.222. The van der Waals surface area contributed by atoms with Crippen molar-refractivity contribution in [3.05, 3.63) is 81.2 Å². The molecule has 1 aliphatic carbocycles. The normalized spacial score (nSPS) is 12.5. The molecule has 1 heterocycles. The summed E-state index contributed by atoms with van der Waals surface area (Å²) in [5, 5.41) is 6.64. The molecule has 3 aromatic rings. The number of amides is 2. The van der Waals surface area contributed by atoms with Crippen LogP contribution in [0.5, 0.6) is 5.75 Å². The lowest BCUT2D eigenvalue weighted by Gasteiger charge is -2.11. The molecule has 10 heteroatoms. The van der Waals surface area contributed by atoms with Crippen molar-refractivity contribution in [1.29, 1.82) is 0 Å². The van der Waals surface area contributed by atoms with E-state index in [1.165, 1.54) is 24.7 Å². The Labute approximate surface area is 217 Å². The number of rotatable bonds is 6. The monoisotopic (exact) mass is 519 g/mol. The number of nitrogens with zero attached hydrogens (tertiary/aromatic N) is 1. The zero-order chi connectivity index (χ0) is 26.4. The van der Waals surface area contributed by atoms with E-state index >= 15 is 0 Å². The average molecular weight is 520 g/mol. The second-order valence-electron chi connectivity index (χ2n) is 8.30. The summed E-state index contributed by atoms with van der Waals surface area (Å²) in [6.45, 7) is 1.81. The Morgan fingerprint density at radius 2 is 1.68 bits per heavy atom. The van der Waals surface area contributed by atoms with Crippen molar-refractivity contribution in [3.8, 4) is 5.75 Å². The number of carbonyl (C=O) groups excluding carboxylic acids is 4. The first-order valence-electron chi connectivity index (χ1n) is 11.6. The topological polar surface area (TPSA) is 123 Å². The Bertz CT molecular complexity index is 1390. The number of methoxy groups -OCH3 is 1. The van der Waals surface area contributed by atoms with Crippen molar-refractivity contribution >= 4 is 46.3 Å². The summed E-state index contributed by atoms with van der Waals surface area (Å²) >= 11 is 1.28. The summed E-state index contributed by atoms with van der Waals surface area (Å²) in [7, 11) is 1.28. The van der Waals surface area contributed by atoms with Crippen molar-refractivity contribution < 1.29 is 28.7 Å². The van der Waals surface area contributed by atoms with E-state index in [-0.39, 0.29) is 10.8 Å². The molecular formula is C27H25N3O6S. The highest BCUT2D eigenvalue weighted by Crippen LogP contribution is 2.38. The summed E-state index contributed by atoms with van der Waals surface area (Å²) in [5.41, 5.74) is 4.96. The Balaban J connectivity index is 1.42. The van der Waals surface area contributed by atoms with E-state index in [1.54, 1.807) is 36.4 Å². The quantitative estimate of drug-likeness (QED) is 0.167. The molecule has 2 aromatic carbocycles. The standard InChI is InChI=1S/C27H25N3O6S/c1-16-9-3-5-11-18(16)26(33)36-20-13-7-4-10-17(20)15-28-30-24(32)23(31)29-25-22(27(34)35-2)19-12-6-8-14-21(19)37-25/h3-5,7,9-11,13,15H,6,8,12,14H2,1-2H3,(H,29,31)(H,30,32)/b28-15+. The molecule has 2 N–H and O–H groups in total. The van der Waals surface area contributed by atoms with Gasteiger partial charge < -0.3 is 14.8 Å². The number of esters is 2. The number of benzene rings is 2. The van der Waals surface area contributed by atoms with Gasteiger partial charge in [-0.05, 0) is 61.9 Å². The Kier molecular flexibility index (Phi) is 8.09. The number of carbonyl (C=O) groups is 4. The lowest BCUT2D eigenvalue weighted by atomic mass is 9.95. The third kappa shape index (κ3) is 5.92. The second-order valence-corrected chi connectivity index (χ2v) is 9.41. The number of hydrazone groups is 1. The first-order chi connectivity index (χ1) is 17.9. The van der Waals surface area contributed by atoms with Gasteiger partial charge in [-0.2, -0.15) is 5.10 Å². The van der Waals surface area contributed by atoms with Gasteiger partial charge in [0.05, 0.1) is 24.5 Å². The number of hydrogen-bond donors (Lipinski definition) is 2. The highest BCUT2D eigenvalue weighted by Gasteiger charge is 2.28. The summed E-state index contributed by atoms with van der Waals surface area (Å²) in [6.07, 6.45) is 4.74. The molecule has 0 radical (unpaired) electrons. The zero-order valence-corrected chi connectivity index (χ0v) is 21.1. The van der Waals surface area contributed by atoms with Crippen LogP contribution in [-0.4, -0.2) is 37.1 Å². The Morgan fingerprint density at radius 3 is 2.46 bits per heavy atom. The number of fused-ring (bicyclic) bond motifs is 1. The Hall–Kier alpha value is -4.31. The molecule has 9 nitrogen and oxygen atoms in total. The third-order valence-electron chi connectivity index (χ3n) is 5.85. The first-order valence-corrected chi connectivity index (χ1v) is 12.4. The van der Waals surface area contributed by atoms with Crippen LogP contribution in [-0.2, 0) is 27.2 Å². The third-order valence-corrected chi connectivity index (χ3v) is 7.06. The smallest absolute Gasteiger partial charge is 0.343 e. The zero-order valence-electron chi connectivity index (χ0n) is 20.3. The minimum atomic E-state index is -1.02. The lowest BCUT2D eigenvalue weighted by molar-refractivity contribution is -0.136. The second kappa shape index (κ2) is 11.6. The predicted octanol–water partition coefficient (Wildman–Crippen LogP) is 4.03. The molecule has 190 valence electrons. The molecular weight excluding hydrogens is 494 g/mol. The van der Waals surface area contributed by atoms with Gasteiger partial charge in [0, 0.05) is 10.4 Å². The lowest BCUT2D eigenvalue weighted by Crippen LogP contribution is -2.32. The van der Waals surface area contributed by atoms with E-state index in [0.717, 1.165) is 41.7 Å². The number of aryl methyl sites for hydroxylation is 2. The molecule has 0 saturated carbocycles. The van der Waals surface area contributed by atoms with Gasteiger partial charge in [-0.15, -0.1) is 11.3 Å². The summed E-state index contributed by atoms with van der Waals surface area (Å²) in [5.74, 6) is -2.83. The van der Waals surface area contributed by atoms with E-state index in [9.17, 15) is 19.2 Å². The number of anilines is 1. The van der Waals surface area contributed by atoms with E-state index in [1.807, 2.05) is 19.1 Å². The van der Waals surface area contributed by atoms with E-state index in [4.69, 9.17) is 9.47 Å². The number of ether oxygens (including phenoxy) is 2. The highest BCUT2D eigenvalue weighted by atomic mass is 32.1. The van der Waals surface area contributed by atoms with Crippen LogP contribution >= 0.6 is 11.3 Å². The number of hydrogen-bond acceptors (Lipinski definition) is 8. The molecule has 0 bridgehead atoms. The van der Waals surface area contributed by atoms with E-state index in [0.29, 0.717) is 16.7 Å². The van der Waals surface area contributed by atoms with Crippen molar-refractivity contribution in [2.75, 3.05) is 12.4 Å². The molecule has 1 aromatic heterocycles. The largest absolute Gasteiger partial charge is 0.465 e. The minimum absolute atomic E-state index is 0.241. The van der Waals surface area contributed by atoms with Gasteiger partial charge in [0.2, 0.25) is 0 Å². The van der Waals surface area contributed by atoms with Gasteiger partial charge >= 0.3 is 23.8 Å². The van der Waals surface area contributed by atoms with Crippen LogP contribution in [0.2, 0.25) is 0 Å². The minimum Gasteiger partial charge on any atom is -0.465 e. The average Bonchev–Trinajstić information content (AvgIpc) is 3.27. The molecule has 0 atom stereocenters. The molecule has 2 amide bonds. The van der Waals surface area contributed by atoms with Crippen molar-refractivity contribution in [3.63, 3.8) is 0 Å². The predicted molar refractivity (Wildman–Crippen MR) is 139 cm³/mol. The molecule has 4 rings (SSSR count). The highest BCUT2D eigenvalue weighted by molar-refractivity contribution is 7.17. The van der Waals surface area contributed by atoms with Crippen LogP contribution in [0.4, 0.5) is 5.00 Å². The van der Waals surface area contributed by atoms with Gasteiger partial charge in [0.25, 0.3) is 0 Å². The van der Waals surface area contributed by atoms with Crippen LogP contribution in [0.3, 0.4) is 0 Å². The van der Waals surface area contributed by atoms with E-state index < -0.39 is 23.8 Å². The molecule has 0 unspecified atom stereocenters.